The van der Waals surface area contributed by atoms with E-state index in [4.69, 9.17) is 21.5 Å². The van der Waals surface area contributed by atoms with E-state index in [1.807, 2.05) is 0 Å². The first kappa shape index (κ1) is 15.3. The highest BCUT2D eigenvalue weighted by molar-refractivity contribution is 7.87. The number of carbonyl (C=O) groups is 1. The zero-order valence-electron chi connectivity index (χ0n) is 10.4. The van der Waals surface area contributed by atoms with Crippen LogP contribution in [0.25, 0.3) is 0 Å². The quantitative estimate of drug-likeness (QED) is 0.872. The molecule has 1 amide bonds. The second-order valence-corrected chi connectivity index (χ2v) is 5.89. The smallest absolute Gasteiger partial charge is 0.340 e. The van der Waals surface area contributed by atoms with E-state index in [0.29, 0.717) is 0 Å². The van der Waals surface area contributed by atoms with E-state index in [1.165, 1.54) is 24.3 Å². The van der Waals surface area contributed by atoms with Gasteiger partial charge in [0.1, 0.15) is 10.7 Å². The Morgan fingerprint density at radius 2 is 1.86 bits per heavy atom. The highest BCUT2D eigenvalue weighted by Crippen LogP contribution is 2.27. The molecule has 5 nitrogen and oxygen atoms in total. The number of primary amides is 1. The van der Waals surface area contributed by atoms with Crippen molar-refractivity contribution in [1.29, 1.82) is 0 Å². The van der Waals surface area contributed by atoms with E-state index in [9.17, 15) is 17.6 Å². The SMILES string of the molecule is NC(=O)c1ccccc1OS(=O)(=O)c1ccc(F)cc1Cl. The van der Waals surface area contributed by atoms with Crippen molar-refractivity contribution in [2.45, 2.75) is 4.90 Å². The molecule has 0 fully saturated rings. The number of benzene rings is 2. The summed E-state index contributed by atoms with van der Waals surface area (Å²) < 4.78 is 42.1. The number of nitrogens with two attached hydrogens (primary N) is 1. The van der Waals surface area contributed by atoms with Gasteiger partial charge in [0.15, 0.2) is 5.75 Å². The lowest BCUT2D eigenvalue weighted by Gasteiger charge is -2.10. The molecule has 0 radical (unpaired) electrons. The molecule has 0 bridgehead atoms. The van der Waals surface area contributed by atoms with Gasteiger partial charge >= 0.3 is 10.1 Å². The molecule has 0 aliphatic heterocycles. The van der Waals surface area contributed by atoms with Gasteiger partial charge in [0.2, 0.25) is 0 Å². The van der Waals surface area contributed by atoms with Gasteiger partial charge in [0.25, 0.3) is 5.91 Å². The number of carbonyl (C=O) groups excluding carboxylic acids is 1. The fourth-order valence-electron chi connectivity index (χ4n) is 1.58. The Kier molecular flexibility index (Phi) is 4.15. The van der Waals surface area contributed by atoms with Crippen LogP contribution in [0.5, 0.6) is 5.75 Å². The van der Waals surface area contributed by atoms with Gasteiger partial charge in [-0.15, -0.1) is 0 Å². The van der Waals surface area contributed by atoms with Crippen LogP contribution in [0.15, 0.2) is 47.4 Å². The van der Waals surface area contributed by atoms with Crippen molar-refractivity contribution in [3.63, 3.8) is 0 Å². The van der Waals surface area contributed by atoms with Crippen LogP contribution < -0.4 is 9.92 Å². The number of para-hydroxylation sites is 1. The molecule has 0 aromatic heterocycles. The van der Waals surface area contributed by atoms with Crippen LogP contribution in [0.4, 0.5) is 4.39 Å². The molecule has 0 heterocycles. The standard InChI is InChI=1S/C13H9ClFNO4S/c14-10-7-8(15)5-6-12(10)21(18,19)20-11-4-2-1-3-9(11)13(16)17/h1-7H,(H2,16,17). The molecule has 8 heteroatoms. The molecule has 0 saturated carbocycles. The maximum Gasteiger partial charge on any atom is 0.340 e. The number of hydrogen-bond acceptors (Lipinski definition) is 4. The first-order valence-corrected chi connectivity index (χ1v) is 7.38. The predicted octanol–water partition coefficient (Wildman–Crippen LogP) is 2.35. The monoisotopic (exact) mass is 329 g/mol. The second kappa shape index (κ2) is 5.71. The summed E-state index contributed by atoms with van der Waals surface area (Å²) in [7, 11) is -4.32. The number of halogens is 2. The average Bonchev–Trinajstić information content (AvgIpc) is 2.37. The lowest BCUT2D eigenvalue weighted by molar-refractivity contribution is 0.0999. The minimum Gasteiger partial charge on any atom is -0.378 e. The molecule has 0 aliphatic carbocycles. The van der Waals surface area contributed by atoms with Gasteiger partial charge in [-0.3, -0.25) is 4.79 Å². The Morgan fingerprint density at radius 1 is 1.19 bits per heavy atom. The third-order valence-electron chi connectivity index (χ3n) is 2.52. The Labute approximate surface area is 125 Å². The fourth-order valence-corrected chi connectivity index (χ4v) is 3.04. The minimum atomic E-state index is -4.32. The molecule has 110 valence electrons. The summed E-state index contributed by atoms with van der Waals surface area (Å²) in [4.78, 5) is 10.8. The summed E-state index contributed by atoms with van der Waals surface area (Å²) >= 11 is 5.69. The topological polar surface area (TPSA) is 86.5 Å². The Morgan fingerprint density at radius 3 is 2.48 bits per heavy atom. The molecule has 2 aromatic carbocycles. The van der Waals surface area contributed by atoms with Crippen molar-refractivity contribution in [3.8, 4) is 5.75 Å². The van der Waals surface area contributed by atoms with Crippen molar-refractivity contribution in [2.24, 2.45) is 5.73 Å². The summed E-state index contributed by atoms with van der Waals surface area (Å²) in [5.74, 6) is -1.76. The number of hydrogen-bond donors (Lipinski definition) is 1. The van der Waals surface area contributed by atoms with Crippen molar-refractivity contribution >= 4 is 27.6 Å². The predicted molar refractivity (Wildman–Crippen MR) is 74.2 cm³/mol. The second-order valence-electron chi connectivity index (χ2n) is 3.97. The fraction of sp³-hybridized carbons (Fsp3) is 0. The first-order chi connectivity index (χ1) is 9.81. The van der Waals surface area contributed by atoms with Crippen molar-refractivity contribution < 1.29 is 21.8 Å². The Hall–Kier alpha value is -2.12. The van der Waals surface area contributed by atoms with Gasteiger partial charge in [-0.2, -0.15) is 8.42 Å². The van der Waals surface area contributed by atoms with Crippen LogP contribution >= 0.6 is 11.6 Å². The van der Waals surface area contributed by atoms with Crippen LogP contribution in [-0.4, -0.2) is 14.3 Å². The summed E-state index contributed by atoms with van der Waals surface area (Å²) in [5, 5.41) is -0.327. The third kappa shape index (κ3) is 3.32. The highest BCUT2D eigenvalue weighted by atomic mass is 35.5. The maximum absolute atomic E-state index is 13.0. The normalized spacial score (nSPS) is 11.1. The van der Waals surface area contributed by atoms with Gasteiger partial charge in [-0.25, -0.2) is 4.39 Å². The molecular formula is C13H9ClFNO4S. The maximum atomic E-state index is 13.0. The lowest BCUT2D eigenvalue weighted by atomic mass is 10.2. The molecule has 0 atom stereocenters. The van der Waals surface area contributed by atoms with E-state index in [-0.39, 0.29) is 16.3 Å². The van der Waals surface area contributed by atoms with E-state index >= 15 is 0 Å². The molecule has 0 saturated heterocycles. The highest BCUT2D eigenvalue weighted by Gasteiger charge is 2.23. The molecule has 0 unspecified atom stereocenters. The third-order valence-corrected chi connectivity index (χ3v) is 4.23. The summed E-state index contributed by atoms with van der Waals surface area (Å²) in [6.45, 7) is 0. The van der Waals surface area contributed by atoms with Crippen molar-refractivity contribution in [2.75, 3.05) is 0 Å². The average molecular weight is 330 g/mol. The summed E-state index contributed by atoms with van der Waals surface area (Å²) in [5.41, 5.74) is 5.03. The van der Waals surface area contributed by atoms with E-state index < -0.39 is 26.7 Å². The minimum absolute atomic E-state index is 0.0979. The van der Waals surface area contributed by atoms with Crippen LogP contribution in [-0.2, 0) is 10.1 Å². The first-order valence-electron chi connectivity index (χ1n) is 5.59. The van der Waals surface area contributed by atoms with Gasteiger partial charge in [0.05, 0.1) is 10.6 Å². The zero-order chi connectivity index (χ0) is 15.6. The van der Waals surface area contributed by atoms with Gasteiger partial charge < -0.3 is 9.92 Å². The van der Waals surface area contributed by atoms with Crippen LogP contribution in [0.1, 0.15) is 10.4 Å². The van der Waals surface area contributed by atoms with E-state index in [1.54, 1.807) is 0 Å². The molecular weight excluding hydrogens is 321 g/mol. The molecule has 0 spiro atoms. The van der Waals surface area contributed by atoms with Crippen LogP contribution in [0.2, 0.25) is 5.02 Å². The lowest BCUT2D eigenvalue weighted by Crippen LogP contribution is -2.16. The molecule has 21 heavy (non-hydrogen) atoms. The van der Waals surface area contributed by atoms with Crippen molar-refractivity contribution in [1.82, 2.24) is 0 Å². The molecule has 2 aromatic rings. The van der Waals surface area contributed by atoms with Crippen LogP contribution in [0.3, 0.4) is 0 Å². The number of rotatable bonds is 4. The molecule has 2 rings (SSSR count). The number of amides is 1. The van der Waals surface area contributed by atoms with Gasteiger partial charge in [-0.05, 0) is 30.3 Å². The molecule has 2 N–H and O–H groups in total. The Balaban J connectivity index is 2.45. The van der Waals surface area contributed by atoms with E-state index in [2.05, 4.69) is 0 Å². The van der Waals surface area contributed by atoms with Crippen molar-refractivity contribution in [3.05, 3.63) is 58.9 Å². The summed E-state index contributed by atoms with van der Waals surface area (Å²) in [6.07, 6.45) is 0. The Bertz CT molecular complexity index is 808. The van der Waals surface area contributed by atoms with Gasteiger partial charge in [-0.1, -0.05) is 23.7 Å². The van der Waals surface area contributed by atoms with Gasteiger partial charge in [0, 0.05) is 0 Å². The van der Waals surface area contributed by atoms with Crippen LogP contribution in [0, 0.1) is 5.82 Å². The summed E-state index contributed by atoms with van der Waals surface area (Å²) in [6, 6.07) is 8.32. The van der Waals surface area contributed by atoms with E-state index in [0.717, 1.165) is 18.2 Å². The largest absolute Gasteiger partial charge is 0.378 e. The zero-order valence-corrected chi connectivity index (χ0v) is 12.0. The molecule has 0 aliphatic rings.